The number of ether oxygens (including phenoxy) is 6. The van der Waals surface area contributed by atoms with Crippen LogP contribution in [-0.2, 0) is 4.79 Å². The zero-order valence-electron chi connectivity index (χ0n) is 23.5. The van der Waals surface area contributed by atoms with E-state index in [1.165, 1.54) is 41.8 Å². The Balaban J connectivity index is 1.77. The fourth-order valence-electron chi connectivity index (χ4n) is 4.06. The van der Waals surface area contributed by atoms with Crippen LogP contribution in [0.15, 0.2) is 62.8 Å². The molecule has 11 nitrogen and oxygen atoms in total. The van der Waals surface area contributed by atoms with Crippen LogP contribution in [0.3, 0.4) is 0 Å². The first-order chi connectivity index (χ1) is 19.8. The van der Waals surface area contributed by atoms with Crippen LogP contribution in [0.4, 0.5) is 0 Å². The van der Waals surface area contributed by atoms with E-state index in [1.807, 2.05) is 31.2 Å². The standard InChI is InChI=1S/C30H30N2O9/c1-17-7-9-18(10-8-17)15-31-32-25(33)16-40-30-27(34)26-21(36-3)13-20(35-2)14-22(26)41-28(30)19-11-23(37-4)29(39-6)24(12-19)38-5/h7-15H,16H2,1-6H3,(H,32,33)/b31-15+. The number of benzene rings is 3. The lowest BCUT2D eigenvalue weighted by atomic mass is 10.1. The zero-order chi connectivity index (χ0) is 29.5. The van der Waals surface area contributed by atoms with Gasteiger partial charge in [-0.05, 0) is 24.6 Å². The number of carbonyl (C=O) groups excluding carboxylic acids is 1. The average molecular weight is 563 g/mol. The third kappa shape index (κ3) is 6.19. The van der Waals surface area contributed by atoms with Gasteiger partial charge >= 0.3 is 0 Å². The summed E-state index contributed by atoms with van der Waals surface area (Å²) in [5.41, 5.74) is 4.28. The third-order valence-electron chi connectivity index (χ3n) is 6.10. The van der Waals surface area contributed by atoms with Gasteiger partial charge in [0, 0.05) is 17.7 Å². The van der Waals surface area contributed by atoms with E-state index in [0.29, 0.717) is 28.6 Å². The minimum Gasteiger partial charge on any atom is -0.496 e. The van der Waals surface area contributed by atoms with Crippen LogP contribution < -0.4 is 39.3 Å². The molecule has 1 aromatic heterocycles. The number of aryl methyl sites for hydroxylation is 1. The van der Waals surface area contributed by atoms with Crippen LogP contribution in [0, 0.1) is 6.92 Å². The summed E-state index contributed by atoms with van der Waals surface area (Å²) in [6, 6.07) is 13.9. The van der Waals surface area contributed by atoms with Crippen molar-refractivity contribution in [3.63, 3.8) is 0 Å². The van der Waals surface area contributed by atoms with Crippen LogP contribution in [0.2, 0.25) is 0 Å². The molecule has 0 aliphatic rings. The molecule has 0 spiro atoms. The summed E-state index contributed by atoms with van der Waals surface area (Å²) in [5, 5.41) is 4.07. The van der Waals surface area contributed by atoms with Crippen LogP contribution in [0.5, 0.6) is 34.5 Å². The lowest BCUT2D eigenvalue weighted by Crippen LogP contribution is -2.26. The van der Waals surface area contributed by atoms with Gasteiger partial charge in [-0.2, -0.15) is 5.10 Å². The maximum Gasteiger partial charge on any atom is 0.277 e. The minimum atomic E-state index is -0.592. The van der Waals surface area contributed by atoms with E-state index in [1.54, 1.807) is 24.3 Å². The molecule has 0 fully saturated rings. The highest BCUT2D eigenvalue weighted by atomic mass is 16.5. The molecule has 0 atom stereocenters. The van der Waals surface area contributed by atoms with Crippen LogP contribution in [0.1, 0.15) is 11.1 Å². The Morgan fingerprint density at radius 3 is 2.10 bits per heavy atom. The Morgan fingerprint density at radius 2 is 1.51 bits per heavy atom. The Bertz CT molecular complexity index is 1620. The molecule has 1 heterocycles. The summed E-state index contributed by atoms with van der Waals surface area (Å²) in [5.74, 6) is 0.808. The maximum atomic E-state index is 13.8. The first kappa shape index (κ1) is 28.8. The molecule has 0 aliphatic carbocycles. The molecule has 0 saturated carbocycles. The number of carbonyl (C=O) groups is 1. The summed E-state index contributed by atoms with van der Waals surface area (Å²) < 4.78 is 39.1. The molecular weight excluding hydrogens is 532 g/mol. The molecule has 1 amide bonds. The number of nitrogens with zero attached hydrogens (tertiary/aromatic N) is 1. The van der Waals surface area contributed by atoms with Crippen LogP contribution in [-0.4, -0.2) is 54.3 Å². The fraction of sp³-hybridized carbons (Fsp3) is 0.233. The molecule has 41 heavy (non-hydrogen) atoms. The van der Waals surface area contributed by atoms with Crippen molar-refractivity contribution in [3.05, 3.63) is 69.9 Å². The van der Waals surface area contributed by atoms with Gasteiger partial charge in [-0.25, -0.2) is 5.43 Å². The second kappa shape index (κ2) is 12.8. The van der Waals surface area contributed by atoms with Gasteiger partial charge in [-0.1, -0.05) is 29.8 Å². The molecule has 4 aromatic rings. The molecular formula is C30H30N2O9. The van der Waals surface area contributed by atoms with Gasteiger partial charge in [0.15, 0.2) is 23.9 Å². The molecule has 3 aromatic carbocycles. The largest absolute Gasteiger partial charge is 0.496 e. The monoisotopic (exact) mass is 562 g/mol. The molecule has 0 bridgehead atoms. The van der Waals surface area contributed by atoms with Crippen molar-refractivity contribution >= 4 is 23.1 Å². The highest BCUT2D eigenvalue weighted by Crippen LogP contribution is 2.44. The summed E-state index contributed by atoms with van der Waals surface area (Å²) in [6.07, 6.45) is 1.50. The Kier molecular flexibility index (Phi) is 8.98. The third-order valence-corrected chi connectivity index (χ3v) is 6.10. The van der Waals surface area contributed by atoms with E-state index in [4.69, 9.17) is 32.8 Å². The van der Waals surface area contributed by atoms with E-state index < -0.39 is 17.9 Å². The Labute approximate surface area is 236 Å². The van der Waals surface area contributed by atoms with E-state index in [-0.39, 0.29) is 28.2 Å². The summed E-state index contributed by atoms with van der Waals surface area (Å²) in [6.45, 7) is 1.44. The van der Waals surface area contributed by atoms with Crippen molar-refractivity contribution in [2.45, 2.75) is 6.92 Å². The van der Waals surface area contributed by atoms with Gasteiger partial charge < -0.3 is 32.8 Å². The van der Waals surface area contributed by atoms with E-state index in [0.717, 1.165) is 11.1 Å². The Hall–Kier alpha value is -5.19. The van der Waals surface area contributed by atoms with Gasteiger partial charge in [0.2, 0.25) is 16.9 Å². The number of amides is 1. The van der Waals surface area contributed by atoms with Crippen LogP contribution in [0.25, 0.3) is 22.3 Å². The molecule has 11 heteroatoms. The number of nitrogens with one attached hydrogen (secondary N) is 1. The predicted molar refractivity (Wildman–Crippen MR) is 153 cm³/mol. The lowest BCUT2D eigenvalue weighted by Gasteiger charge is -2.16. The number of hydrogen-bond donors (Lipinski definition) is 1. The molecule has 0 aliphatic heterocycles. The number of hydrazone groups is 1. The number of rotatable bonds is 11. The van der Waals surface area contributed by atoms with Crippen molar-refractivity contribution in [1.29, 1.82) is 0 Å². The normalized spacial score (nSPS) is 10.9. The van der Waals surface area contributed by atoms with Crippen molar-refractivity contribution in [2.75, 3.05) is 42.2 Å². The first-order valence-electron chi connectivity index (χ1n) is 12.4. The summed E-state index contributed by atoms with van der Waals surface area (Å²) >= 11 is 0. The number of methoxy groups -OCH3 is 5. The van der Waals surface area contributed by atoms with Crippen molar-refractivity contribution in [2.24, 2.45) is 5.10 Å². The van der Waals surface area contributed by atoms with Gasteiger partial charge in [0.25, 0.3) is 5.91 Å². The molecule has 0 unspecified atom stereocenters. The fourth-order valence-corrected chi connectivity index (χ4v) is 4.06. The average Bonchev–Trinajstić information content (AvgIpc) is 2.99. The SMILES string of the molecule is COc1cc(OC)c2c(=O)c(OCC(=O)N/N=C/c3ccc(C)cc3)c(-c3cc(OC)c(OC)c(OC)c3)oc2c1. The van der Waals surface area contributed by atoms with Crippen molar-refractivity contribution in [1.82, 2.24) is 5.43 Å². The van der Waals surface area contributed by atoms with Crippen molar-refractivity contribution < 1.29 is 37.6 Å². The highest BCUT2D eigenvalue weighted by Gasteiger charge is 2.24. The van der Waals surface area contributed by atoms with E-state index in [2.05, 4.69) is 10.5 Å². The van der Waals surface area contributed by atoms with Crippen LogP contribution >= 0.6 is 0 Å². The quantitative estimate of drug-likeness (QED) is 0.210. The van der Waals surface area contributed by atoms with Crippen molar-refractivity contribution in [3.8, 4) is 45.8 Å². The molecule has 4 rings (SSSR count). The smallest absolute Gasteiger partial charge is 0.277 e. The van der Waals surface area contributed by atoms with Gasteiger partial charge in [-0.3, -0.25) is 9.59 Å². The molecule has 0 saturated heterocycles. The topological polar surface area (TPSA) is 127 Å². The first-order valence-corrected chi connectivity index (χ1v) is 12.4. The van der Waals surface area contributed by atoms with E-state index in [9.17, 15) is 9.59 Å². The van der Waals surface area contributed by atoms with Gasteiger partial charge in [-0.15, -0.1) is 0 Å². The highest BCUT2D eigenvalue weighted by molar-refractivity contribution is 5.89. The predicted octanol–water partition coefficient (Wildman–Crippen LogP) is 4.34. The maximum absolute atomic E-state index is 13.8. The Morgan fingerprint density at radius 1 is 0.854 bits per heavy atom. The lowest BCUT2D eigenvalue weighted by molar-refractivity contribution is -0.123. The van der Waals surface area contributed by atoms with Gasteiger partial charge in [0.1, 0.15) is 22.5 Å². The molecule has 0 radical (unpaired) electrons. The second-order valence-electron chi connectivity index (χ2n) is 8.70. The van der Waals surface area contributed by atoms with Gasteiger partial charge in [0.05, 0.1) is 41.8 Å². The summed E-state index contributed by atoms with van der Waals surface area (Å²) in [7, 11) is 7.30. The minimum absolute atomic E-state index is 0.0213. The number of fused-ring (bicyclic) bond motifs is 1. The molecule has 1 N–H and O–H groups in total. The zero-order valence-corrected chi connectivity index (χ0v) is 23.5. The molecule has 214 valence electrons. The number of hydrogen-bond acceptors (Lipinski definition) is 10. The van der Waals surface area contributed by atoms with E-state index >= 15 is 0 Å². The summed E-state index contributed by atoms with van der Waals surface area (Å²) in [4.78, 5) is 26.4. The second-order valence-corrected chi connectivity index (χ2v) is 8.70.